The Kier molecular flexibility index (Phi) is 4.38. The molecular formula is C18H17N3O4. The number of hydrogen-bond donors (Lipinski definition) is 1. The third-order valence-corrected chi connectivity index (χ3v) is 3.74. The third kappa shape index (κ3) is 3.03. The van der Waals surface area contributed by atoms with E-state index >= 15 is 0 Å². The summed E-state index contributed by atoms with van der Waals surface area (Å²) in [6, 6.07) is 10.3. The molecule has 0 radical (unpaired) electrons. The van der Waals surface area contributed by atoms with E-state index in [9.17, 15) is 9.90 Å². The van der Waals surface area contributed by atoms with Crippen LogP contribution in [0.15, 0.2) is 46.3 Å². The highest BCUT2D eigenvalue weighted by Crippen LogP contribution is 2.36. The number of aromatic nitrogens is 2. The molecule has 0 aliphatic rings. The van der Waals surface area contributed by atoms with Crippen LogP contribution in [0.1, 0.15) is 11.4 Å². The average Bonchev–Trinajstić information content (AvgIpc) is 2.62. The Labute approximate surface area is 143 Å². The number of phenols is 1. The van der Waals surface area contributed by atoms with Gasteiger partial charge in [-0.15, -0.1) is 0 Å². The number of para-hydroxylation sites is 1. The zero-order valence-corrected chi connectivity index (χ0v) is 14.1. The molecule has 1 heterocycles. The van der Waals surface area contributed by atoms with Gasteiger partial charge in [0.15, 0.2) is 11.5 Å². The molecule has 7 nitrogen and oxygen atoms in total. The number of ether oxygens (including phenoxy) is 2. The summed E-state index contributed by atoms with van der Waals surface area (Å²) in [6.07, 6.45) is 1.48. The van der Waals surface area contributed by atoms with Crippen molar-refractivity contribution in [2.24, 2.45) is 5.10 Å². The van der Waals surface area contributed by atoms with E-state index in [1.807, 2.05) is 6.07 Å². The number of aryl methyl sites for hydroxylation is 1. The monoisotopic (exact) mass is 339 g/mol. The molecule has 0 atom stereocenters. The first-order chi connectivity index (χ1) is 12.0. The van der Waals surface area contributed by atoms with E-state index in [1.165, 1.54) is 25.1 Å². The van der Waals surface area contributed by atoms with Gasteiger partial charge in [-0.25, -0.2) is 4.98 Å². The normalized spacial score (nSPS) is 11.2. The van der Waals surface area contributed by atoms with Crippen molar-refractivity contribution in [1.29, 1.82) is 0 Å². The third-order valence-electron chi connectivity index (χ3n) is 3.74. The largest absolute Gasteiger partial charge is 0.502 e. The van der Waals surface area contributed by atoms with Crippen LogP contribution < -0.4 is 15.0 Å². The molecule has 0 fully saturated rings. The fourth-order valence-electron chi connectivity index (χ4n) is 2.48. The van der Waals surface area contributed by atoms with E-state index < -0.39 is 0 Å². The number of nitrogens with zero attached hydrogens (tertiary/aromatic N) is 3. The molecule has 1 N–H and O–H groups in total. The van der Waals surface area contributed by atoms with E-state index in [-0.39, 0.29) is 22.8 Å². The summed E-state index contributed by atoms with van der Waals surface area (Å²) >= 11 is 0. The minimum absolute atomic E-state index is 0.0946. The quantitative estimate of drug-likeness (QED) is 0.737. The minimum atomic E-state index is -0.253. The van der Waals surface area contributed by atoms with Crippen LogP contribution >= 0.6 is 0 Å². The number of methoxy groups -OCH3 is 2. The summed E-state index contributed by atoms with van der Waals surface area (Å²) in [5.41, 5.74) is 0.979. The minimum Gasteiger partial charge on any atom is -0.502 e. The summed E-state index contributed by atoms with van der Waals surface area (Å²) in [5.74, 6) is 0.878. The Balaban J connectivity index is 2.09. The first kappa shape index (κ1) is 16.5. The number of rotatable bonds is 4. The zero-order chi connectivity index (χ0) is 18.0. The zero-order valence-electron chi connectivity index (χ0n) is 14.1. The highest BCUT2D eigenvalue weighted by atomic mass is 16.5. The Morgan fingerprint density at radius 3 is 2.44 bits per heavy atom. The van der Waals surface area contributed by atoms with Crippen LogP contribution in [0.3, 0.4) is 0 Å². The molecule has 0 aliphatic heterocycles. The van der Waals surface area contributed by atoms with Crippen LogP contribution in [0, 0.1) is 6.92 Å². The number of aromatic hydroxyl groups is 1. The van der Waals surface area contributed by atoms with Gasteiger partial charge < -0.3 is 14.6 Å². The predicted octanol–water partition coefficient (Wildman–Crippen LogP) is 2.31. The maximum absolute atomic E-state index is 12.6. The molecule has 25 heavy (non-hydrogen) atoms. The fourth-order valence-corrected chi connectivity index (χ4v) is 2.48. The lowest BCUT2D eigenvalue weighted by atomic mass is 10.2. The lowest BCUT2D eigenvalue weighted by Crippen LogP contribution is -2.20. The molecule has 3 aromatic rings. The van der Waals surface area contributed by atoms with Gasteiger partial charge in [-0.05, 0) is 31.2 Å². The first-order valence-electron chi connectivity index (χ1n) is 7.53. The van der Waals surface area contributed by atoms with E-state index in [0.717, 1.165) is 0 Å². The van der Waals surface area contributed by atoms with E-state index in [4.69, 9.17) is 9.47 Å². The van der Waals surface area contributed by atoms with E-state index in [0.29, 0.717) is 22.3 Å². The van der Waals surface area contributed by atoms with Gasteiger partial charge in [-0.2, -0.15) is 9.78 Å². The number of benzene rings is 2. The van der Waals surface area contributed by atoms with Gasteiger partial charge in [0.2, 0.25) is 5.75 Å². The van der Waals surface area contributed by atoms with Crippen molar-refractivity contribution >= 4 is 17.1 Å². The smallest absolute Gasteiger partial charge is 0.282 e. The summed E-state index contributed by atoms with van der Waals surface area (Å²) in [5, 5.41) is 14.7. The van der Waals surface area contributed by atoms with Crippen molar-refractivity contribution in [2.75, 3.05) is 14.2 Å². The Morgan fingerprint density at radius 1 is 1.16 bits per heavy atom. The van der Waals surface area contributed by atoms with Crippen molar-refractivity contribution < 1.29 is 14.6 Å². The molecule has 0 unspecified atom stereocenters. The highest BCUT2D eigenvalue weighted by molar-refractivity contribution is 5.82. The summed E-state index contributed by atoms with van der Waals surface area (Å²) < 4.78 is 11.5. The fraction of sp³-hybridized carbons (Fsp3) is 0.167. The van der Waals surface area contributed by atoms with Crippen LogP contribution in [-0.2, 0) is 0 Å². The molecule has 0 spiro atoms. The van der Waals surface area contributed by atoms with Crippen LogP contribution in [0.2, 0.25) is 0 Å². The molecule has 0 bridgehead atoms. The molecule has 1 aromatic heterocycles. The summed E-state index contributed by atoms with van der Waals surface area (Å²) in [7, 11) is 2.88. The van der Waals surface area contributed by atoms with E-state index in [1.54, 1.807) is 37.3 Å². The van der Waals surface area contributed by atoms with Gasteiger partial charge in [0, 0.05) is 5.56 Å². The second-order valence-corrected chi connectivity index (χ2v) is 5.31. The van der Waals surface area contributed by atoms with Crippen LogP contribution in [0.25, 0.3) is 10.9 Å². The number of phenolic OH excluding ortho intramolecular Hbond substituents is 1. The van der Waals surface area contributed by atoms with Crippen molar-refractivity contribution in [3.63, 3.8) is 0 Å². The standard InChI is InChI=1S/C18H17N3O4/c1-11-20-14-7-5-4-6-13(14)18(23)21(11)19-10-12-8-15(24-2)17(22)16(9-12)25-3/h4-10,22H,1-3H3/b19-10+. The lowest BCUT2D eigenvalue weighted by molar-refractivity contribution is 0.340. The second kappa shape index (κ2) is 6.64. The molecular weight excluding hydrogens is 322 g/mol. The molecule has 0 aliphatic carbocycles. The molecule has 0 saturated carbocycles. The Hall–Kier alpha value is -3.35. The summed E-state index contributed by atoms with van der Waals surface area (Å²) in [4.78, 5) is 17.0. The van der Waals surface area contributed by atoms with Gasteiger partial charge in [-0.1, -0.05) is 12.1 Å². The molecule has 2 aromatic carbocycles. The van der Waals surface area contributed by atoms with Crippen molar-refractivity contribution in [1.82, 2.24) is 9.66 Å². The van der Waals surface area contributed by atoms with Gasteiger partial charge in [-0.3, -0.25) is 4.79 Å². The van der Waals surface area contributed by atoms with Gasteiger partial charge in [0.25, 0.3) is 5.56 Å². The highest BCUT2D eigenvalue weighted by Gasteiger charge is 2.11. The molecule has 128 valence electrons. The first-order valence-corrected chi connectivity index (χ1v) is 7.53. The lowest BCUT2D eigenvalue weighted by Gasteiger charge is -2.09. The number of fused-ring (bicyclic) bond motifs is 1. The molecule has 3 rings (SSSR count). The SMILES string of the molecule is COc1cc(/C=N/n2c(C)nc3ccccc3c2=O)cc(OC)c1O. The Bertz CT molecular complexity index is 999. The molecule has 0 amide bonds. The van der Waals surface area contributed by atoms with Crippen molar-refractivity contribution in [2.45, 2.75) is 6.92 Å². The molecule has 0 saturated heterocycles. The average molecular weight is 339 g/mol. The van der Waals surface area contributed by atoms with Crippen LogP contribution in [0.5, 0.6) is 17.2 Å². The number of hydrogen-bond acceptors (Lipinski definition) is 6. The van der Waals surface area contributed by atoms with Crippen LogP contribution in [-0.4, -0.2) is 35.2 Å². The second-order valence-electron chi connectivity index (χ2n) is 5.31. The maximum atomic E-state index is 12.6. The maximum Gasteiger partial charge on any atom is 0.282 e. The van der Waals surface area contributed by atoms with Gasteiger partial charge >= 0.3 is 0 Å². The van der Waals surface area contributed by atoms with Crippen molar-refractivity contribution in [3.8, 4) is 17.2 Å². The van der Waals surface area contributed by atoms with E-state index in [2.05, 4.69) is 10.1 Å². The van der Waals surface area contributed by atoms with Crippen molar-refractivity contribution in [3.05, 3.63) is 58.1 Å². The Morgan fingerprint density at radius 2 is 1.80 bits per heavy atom. The van der Waals surface area contributed by atoms with Gasteiger partial charge in [0.1, 0.15) is 5.82 Å². The van der Waals surface area contributed by atoms with Crippen LogP contribution in [0.4, 0.5) is 0 Å². The topological polar surface area (TPSA) is 85.9 Å². The molecule has 7 heteroatoms. The summed E-state index contributed by atoms with van der Waals surface area (Å²) in [6.45, 7) is 1.71. The van der Waals surface area contributed by atoms with Gasteiger partial charge in [0.05, 0.1) is 31.3 Å². The predicted molar refractivity (Wildman–Crippen MR) is 94.9 cm³/mol.